The third kappa shape index (κ3) is 3.82. The Hall–Kier alpha value is -2.04. The van der Waals surface area contributed by atoms with Gasteiger partial charge in [0.25, 0.3) is 0 Å². The minimum Gasteiger partial charge on any atom is -0.533 e. The average Bonchev–Trinajstić information content (AvgIpc) is 2.67. The summed E-state index contributed by atoms with van der Waals surface area (Å²) in [5, 5.41) is 2.44. The summed E-state index contributed by atoms with van der Waals surface area (Å²) in [6.45, 7) is 6.82. The Morgan fingerprint density at radius 3 is 1.70 bits per heavy atom. The first-order chi connectivity index (χ1) is 12.9. The minimum absolute atomic E-state index is 0.0743. The number of methoxy groups -OCH3 is 1. The molecule has 0 aliphatic rings. The number of ether oxygens (including phenoxy) is 1. The first kappa shape index (κ1) is 19.7. The van der Waals surface area contributed by atoms with Crippen molar-refractivity contribution in [2.24, 2.45) is 0 Å². The Labute approximate surface area is 171 Å². The van der Waals surface area contributed by atoms with E-state index in [0.717, 1.165) is 16.0 Å². The zero-order valence-corrected chi connectivity index (χ0v) is 18.8. The molecule has 0 saturated carbocycles. The topological polar surface area (TPSA) is 18.5 Å². The Morgan fingerprint density at radius 2 is 1.30 bits per heavy atom. The van der Waals surface area contributed by atoms with E-state index in [-0.39, 0.29) is 5.04 Å². The van der Waals surface area contributed by atoms with Crippen LogP contribution >= 0.6 is 15.9 Å². The predicted octanol–water partition coefficient (Wildman–Crippen LogP) is 5.40. The molecule has 0 aromatic heterocycles. The van der Waals surface area contributed by atoms with Crippen molar-refractivity contribution in [2.75, 3.05) is 7.11 Å². The molecule has 0 atom stereocenters. The van der Waals surface area contributed by atoms with Gasteiger partial charge >= 0.3 is 8.32 Å². The van der Waals surface area contributed by atoms with Gasteiger partial charge in [-0.1, -0.05) is 81.4 Å². The maximum absolute atomic E-state index is 7.01. The number of hydrogen-bond donors (Lipinski definition) is 0. The summed E-state index contributed by atoms with van der Waals surface area (Å²) >= 11 is 3.67. The van der Waals surface area contributed by atoms with Crippen LogP contribution in [-0.2, 0) is 0 Å². The maximum Gasteiger partial charge on any atom is 0.320 e. The average molecular weight is 441 g/mol. The van der Waals surface area contributed by atoms with Crippen molar-refractivity contribution in [3.8, 4) is 11.5 Å². The second-order valence-electron chi connectivity index (χ2n) is 7.56. The van der Waals surface area contributed by atoms with Gasteiger partial charge in [-0.15, -0.1) is 0 Å². The van der Waals surface area contributed by atoms with E-state index in [1.807, 2.05) is 18.2 Å². The van der Waals surface area contributed by atoms with Crippen molar-refractivity contribution >= 4 is 34.6 Å². The van der Waals surface area contributed by atoms with Gasteiger partial charge in [-0.25, -0.2) is 0 Å². The molecule has 0 aliphatic heterocycles. The van der Waals surface area contributed by atoms with Gasteiger partial charge in [-0.3, -0.25) is 0 Å². The van der Waals surface area contributed by atoms with Crippen LogP contribution in [0.4, 0.5) is 0 Å². The third-order valence-corrected chi connectivity index (χ3v) is 10.4. The molecule has 140 valence electrons. The summed E-state index contributed by atoms with van der Waals surface area (Å²) in [6.07, 6.45) is 0. The van der Waals surface area contributed by atoms with Gasteiger partial charge < -0.3 is 9.16 Å². The van der Waals surface area contributed by atoms with Gasteiger partial charge in [-0.05, 0) is 49.5 Å². The Morgan fingerprint density at radius 1 is 0.778 bits per heavy atom. The van der Waals surface area contributed by atoms with Gasteiger partial charge in [0.2, 0.25) is 0 Å². The van der Waals surface area contributed by atoms with Crippen LogP contribution in [0, 0.1) is 0 Å². The van der Waals surface area contributed by atoms with Crippen molar-refractivity contribution in [3.05, 3.63) is 83.3 Å². The molecule has 27 heavy (non-hydrogen) atoms. The molecule has 0 N–H and O–H groups in total. The zero-order chi connectivity index (χ0) is 19.5. The normalized spacial score (nSPS) is 11.9. The standard InChI is InChI=1S/C23H25BrO2Si/c1-23(2,3)27(19-11-7-5-8-12-19,20-13-9-6-10-14-20)26-22-16-15-18(25-4)17-21(22)24/h5-17H,1-4H3. The zero-order valence-electron chi connectivity index (χ0n) is 16.2. The molecule has 3 rings (SSSR count). The Bertz CT molecular complexity index is 850. The van der Waals surface area contributed by atoms with Crippen molar-refractivity contribution in [2.45, 2.75) is 25.8 Å². The van der Waals surface area contributed by atoms with Crippen LogP contribution in [0.1, 0.15) is 20.8 Å². The summed E-state index contributed by atoms with van der Waals surface area (Å²) in [5.41, 5.74) is 0. The van der Waals surface area contributed by atoms with E-state index in [2.05, 4.69) is 97.4 Å². The molecule has 0 heterocycles. The fraction of sp³-hybridized carbons (Fsp3) is 0.217. The highest BCUT2D eigenvalue weighted by Crippen LogP contribution is 2.40. The SMILES string of the molecule is COc1ccc(O[Si](c2ccccc2)(c2ccccc2)C(C)(C)C)c(Br)c1. The lowest BCUT2D eigenvalue weighted by Gasteiger charge is -2.43. The van der Waals surface area contributed by atoms with E-state index >= 15 is 0 Å². The molecule has 0 aliphatic carbocycles. The highest BCUT2D eigenvalue weighted by molar-refractivity contribution is 9.10. The molecular weight excluding hydrogens is 416 g/mol. The first-order valence-electron chi connectivity index (χ1n) is 9.02. The summed E-state index contributed by atoms with van der Waals surface area (Å²) in [7, 11) is -0.949. The monoisotopic (exact) mass is 440 g/mol. The Balaban J connectivity index is 2.24. The number of hydrogen-bond acceptors (Lipinski definition) is 2. The minimum atomic E-state index is -2.62. The fourth-order valence-corrected chi connectivity index (χ4v) is 8.53. The van der Waals surface area contributed by atoms with Crippen LogP contribution in [-0.4, -0.2) is 15.4 Å². The summed E-state index contributed by atoms with van der Waals surface area (Å²) in [4.78, 5) is 0. The van der Waals surface area contributed by atoms with Crippen LogP contribution in [0.3, 0.4) is 0 Å². The molecular formula is C23H25BrO2Si. The molecule has 0 spiro atoms. The molecule has 4 heteroatoms. The molecule has 3 aromatic rings. The molecule has 2 nitrogen and oxygen atoms in total. The van der Waals surface area contributed by atoms with Gasteiger partial charge in [-0.2, -0.15) is 0 Å². The van der Waals surface area contributed by atoms with E-state index in [0.29, 0.717) is 0 Å². The molecule has 0 saturated heterocycles. The summed E-state index contributed by atoms with van der Waals surface area (Å²) in [5.74, 6) is 1.64. The molecule has 0 fully saturated rings. The van der Waals surface area contributed by atoms with Crippen LogP contribution in [0.15, 0.2) is 83.3 Å². The van der Waals surface area contributed by atoms with Crippen LogP contribution in [0.25, 0.3) is 0 Å². The second kappa shape index (κ2) is 7.91. The molecule has 0 amide bonds. The molecule has 0 unspecified atom stereocenters. The highest BCUT2D eigenvalue weighted by Gasteiger charge is 2.52. The van der Waals surface area contributed by atoms with Crippen molar-refractivity contribution in [1.82, 2.24) is 0 Å². The lowest BCUT2D eigenvalue weighted by molar-refractivity contribution is 0.413. The third-order valence-electron chi connectivity index (χ3n) is 4.82. The summed E-state index contributed by atoms with van der Waals surface area (Å²) in [6, 6.07) is 27.2. The number of benzene rings is 3. The molecule has 0 bridgehead atoms. The quantitative estimate of drug-likeness (QED) is 0.494. The van der Waals surface area contributed by atoms with Crippen LogP contribution in [0.5, 0.6) is 11.5 Å². The maximum atomic E-state index is 7.01. The summed E-state index contributed by atoms with van der Waals surface area (Å²) < 4.78 is 13.2. The number of halogens is 1. The van der Waals surface area contributed by atoms with Gasteiger partial charge in [0.1, 0.15) is 11.5 Å². The van der Waals surface area contributed by atoms with E-state index < -0.39 is 8.32 Å². The van der Waals surface area contributed by atoms with Crippen molar-refractivity contribution in [1.29, 1.82) is 0 Å². The Kier molecular flexibility index (Phi) is 5.77. The largest absolute Gasteiger partial charge is 0.533 e. The van der Waals surface area contributed by atoms with Crippen LogP contribution < -0.4 is 19.5 Å². The van der Waals surface area contributed by atoms with Gasteiger partial charge in [0, 0.05) is 0 Å². The number of rotatable bonds is 5. The van der Waals surface area contributed by atoms with Crippen molar-refractivity contribution < 1.29 is 9.16 Å². The smallest absolute Gasteiger partial charge is 0.320 e. The molecule has 0 radical (unpaired) electrons. The fourth-order valence-electron chi connectivity index (χ4n) is 3.51. The van der Waals surface area contributed by atoms with E-state index in [1.165, 1.54) is 10.4 Å². The molecule has 3 aromatic carbocycles. The van der Waals surface area contributed by atoms with Gasteiger partial charge in [0.15, 0.2) is 0 Å². The first-order valence-corrected chi connectivity index (χ1v) is 11.7. The lowest BCUT2D eigenvalue weighted by Crippen LogP contribution is -2.68. The van der Waals surface area contributed by atoms with E-state index in [4.69, 9.17) is 9.16 Å². The predicted molar refractivity (Wildman–Crippen MR) is 119 cm³/mol. The van der Waals surface area contributed by atoms with Crippen LogP contribution in [0.2, 0.25) is 5.04 Å². The van der Waals surface area contributed by atoms with E-state index in [1.54, 1.807) is 7.11 Å². The van der Waals surface area contributed by atoms with Gasteiger partial charge in [0.05, 0.1) is 11.6 Å². The highest BCUT2D eigenvalue weighted by atomic mass is 79.9. The lowest BCUT2D eigenvalue weighted by atomic mass is 10.2. The second-order valence-corrected chi connectivity index (χ2v) is 12.6. The van der Waals surface area contributed by atoms with E-state index in [9.17, 15) is 0 Å². The van der Waals surface area contributed by atoms with Crippen molar-refractivity contribution in [3.63, 3.8) is 0 Å².